The molecule has 1 heterocycles. The van der Waals surface area contributed by atoms with Crippen LogP contribution in [0.2, 0.25) is 0 Å². The van der Waals surface area contributed by atoms with Gasteiger partial charge in [-0.2, -0.15) is 0 Å². The van der Waals surface area contributed by atoms with Gasteiger partial charge < -0.3 is 10.2 Å². The molecular formula is C15H34N4. The van der Waals surface area contributed by atoms with Gasteiger partial charge in [-0.05, 0) is 26.9 Å². The van der Waals surface area contributed by atoms with Crippen molar-refractivity contribution in [2.45, 2.75) is 26.8 Å². The molecule has 4 heteroatoms. The molecule has 1 unspecified atom stereocenters. The molecule has 0 aromatic rings. The standard InChI is InChI=1S/C15H34N4/c1-14(2)15(3)16-6-7-18-10-12-19(13-11-18)9-8-17(4)5/h14-16H,6-13H2,1-5H3. The number of hydrogen-bond donors (Lipinski definition) is 1. The van der Waals surface area contributed by atoms with Gasteiger partial charge in [0.05, 0.1) is 0 Å². The van der Waals surface area contributed by atoms with E-state index in [1.54, 1.807) is 0 Å². The zero-order chi connectivity index (χ0) is 14.3. The second kappa shape index (κ2) is 8.90. The van der Waals surface area contributed by atoms with E-state index in [2.05, 4.69) is 54.9 Å². The van der Waals surface area contributed by atoms with Crippen molar-refractivity contribution < 1.29 is 0 Å². The van der Waals surface area contributed by atoms with E-state index >= 15 is 0 Å². The Balaban J connectivity index is 2.06. The fourth-order valence-electron chi connectivity index (χ4n) is 2.26. The van der Waals surface area contributed by atoms with E-state index in [0.29, 0.717) is 6.04 Å². The Morgan fingerprint density at radius 2 is 1.47 bits per heavy atom. The second-order valence-corrected chi connectivity index (χ2v) is 6.47. The van der Waals surface area contributed by atoms with Gasteiger partial charge in [0.25, 0.3) is 0 Å². The summed E-state index contributed by atoms with van der Waals surface area (Å²) in [5.41, 5.74) is 0. The summed E-state index contributed by atoms with van der Waals surface area (Å²) < 4.78 is 0. The summed E-state index contributed by atoms with van der Waals surface area (Å²) in [6.07, 6.45) is 0. The lowest BCUT2D eigenvalue weighted by Crippen LogP contribution is -2.49. The Morgan fingerprint density at radius 3 is 1.95 bits per heavy atom. The van der Waals surface area contributed by atoms with Crippen LogP contribution < -0.4 is 5.32 Å². The van der Waals surface area contributed by atoms with Crippen LogP contribution >= 0.6 is 0 Å². The first-order chi connectivity index (χ1) is 8.99. The van der Waals surface area contributed by atoms with E-state index in [1.807, 2.05) is 0 Å². The van der Waals surface area contributed by atoms with E-state index < -0.39 is 0 Å². The van der Waals surface area contributed by atoms with Crippen molar-refractivity contribution in [1.29, 1.82) is 0 Å². The monoisotopic (exact) mass is 270 g/mol. The van der Waals surface area contributed by atoms with Crippen molar-refractivity contribution in [3.8, 4) is 0 Å². The second-order valence-electron chi connectivity index (χ2n) is 6.47. The topological polar surface area (TPSA) is 21.8 Å². The predicted octanol–water partition coefficient (Wildman–Crippen LogP) is 0.800. The van der Waals surface area contributed by atoms with E-state index in [1.165, 1.54) is 45.8 Å². The van der Waals surface area contributed by atoms with Crippen LogP contribution in [-0.4, -0.2) is 87.2 Å². The normalized spacial score (nSPS) is 20.4. The van der Waals surface area contributed by atoms with Crippen molar-refractivity contribution in [3.05, 3.63) is 0 Å². The minimum atomic E-state index is 0.626. The van der Waals surface area contributed by atoms with Crippen molar-refractivity contribution in [2.24, 2.45) is 5.92 Å². The molecule has 1 aliphatic rings. The molecule has 0 aromatic carbocycles. The Hall–Kier alpha value is -0.160. The SMILES string of the molecule is CC(C)C(C)NCCN1CCN(CCN(C)C)CC1. The van der Waals surface area contributed by atoms with Crippen LogP contribution in [0.15, 0.2) is 0 Å². The number of nitrogens with zero attached hydrogens (tertiary/aromatic N) is 3. The molecule has 0 saturated carbocycles. The van der Waals surface area contributed by atoms with Gasteiger partial charge in [-0.25, -0.2) is 0 Å². The number of piperazine rings is 1. The summed E-state index contributed by atoms with van der Waals surface area (Å²) in [7, 11) is 4.30. The zero-order valence-corrected chi connectivity index (χ0v) is 13.7. The predicted molar refractivity (Wildman–Crippen MR) is 83.7 cm³/mol. The molecule has 19 heavy (non-hydrogen) atoms. The Bertz CT molecular complexity index is 222. The van der Waals surface area contributed by atoms with Gasteiger partial charge in [0.15, 0.2) is 0 Å². The quantitative estimate of drug-likeness (QED) is 0.704. The summed E-state index contributed by atoms with van der Waals surface area (Å²) >= 11 is 0. The molecule has 1 atom stereocenters. The fraction of sp³-hybridized carbons (Fsp3) is 1.00. The maximum absolute atomic E-state index is 3.62. The molecule has 1 rings (SSSR count). The van der Waals surface area contributed by atoms with Gasteiger partial charge in [0, 0.05) is 58.4 Å². The minimum Gasteiger partial charge on any atom is -0.313 e. The first-order valence-electron chi connectivity index (χ1n) is 7.82. The van der Waals surface area contributed by atoms with E-state index in [9.17, 15) is 0 Å². The van der Waals surface area contributed by atoms with Crippen LogP contribution in [0.25, 0.3) is 0 Å². The zero-order valence-electron chi connectivity index (χ0n) is 13.7. The molecule has 1 aliphatic heterocycles. The van der Waals surface area contributed by atoms with Crippen molar-refractivity contribution >= 4 is 0 Å². The average molecular weight is 270 g/mol. The molecule has 0 radical (unpaired) electrons. The molecule has 0 aliphatic carbocycles. The lowest BCUT2D eigenvalue weighted by atomic mass is 10.1. The molecule has 1 N–H and O–H groups in total. The third kappa shape index (κ3) is 7.25. The van der Waals surface area contributed by atoms with Crippen LogP contribution in [0.4, 0.5) is 0 Å². The molecule has 0 bridgehead atoms. The lowest BCUT2D eigenvalue weighted by Gasteiger charge is -2.35. The number of rotatable bonds is 8. The number of hydrogen-bond acceptors (Lipinski definition) is 4. The molecule has 114 valence electrons. The minimum absolute atomic E-state index is 0.626. The maximum Gasteiger partial charge on any atom is 0.0110 e. The molecule has 0 aromatic heterocycles. The van der Waals surface area contributed by atoms with Crippen LogP contribution in [-0.2, 0) is 0 Å². The van der Waals surface area contributed by atoms with Gasteiger partial charge in [-0.3, -0.25) is 9.80 Å². The molecule has 0 spiro atoms. The lowest BCUT2D eigenvalue weighted by molar-refractivity contribution is 0.125. The molecule has 1 fully saturated rings. The van der Waals surface area contributed by atoms with Gasteiger partial charge >= 0.3 is 0 Å². The Kier molecular flexibility index (Phi) is 7.91. The summed E-state index contributed by atoms with van der Waals surface area (Å²) in [6, 6.07) is 0.626. The smallest absolute Gasteiger partial charge is 0.0110 e. The summed E-state index contributed by atoms with van der Waals surface area (Å²) in [5, 5.41) is 3.62. The van der Waals surface area contributed by atoms with Crippen LogP contribution in [0, 0.1) is 5.92 Å². The van der Waals surface area contributed by atoms with Crippen molar-refractivity contribution in [3.63, 3.8) is 0 Å². The van der Waals surface area contributed by atoms with Crippen LogP contribution in [0.1, 0.15) is 20.8 Å². The highest BCUT2D eigenvalue weighted by molar-refractivity contribution is 4.74. The first kappa shape index (κ1) is 16.9. The van der Waals surface area contributed by atoms with Gasteiger partial charge in [-0.1, -0.05) is 13.8 Å². The third-order valence-corrected chi connectivity index (χ3v) is 4.22. The highest BCUT2D eigenvalue weighted by Gasteiger charge is 2.16. The van der Waals surface area contributed by atoms with Gasteiger partial charge in [-0.15, -0.1) is 0 Å². The van der Waals surface area contributed by atoms with E-state index in [0.717, 1.165) is 12.5 Å². The molecule has 4 nitrogen and oxygen atoms in total. The summed E-state index contributed by atoms with van der Waals surface area (Å²) in [6.45, 7) is 16.5. The van der Waals surface area contributed by atoms with Gasteiger partial charge in [0.2, 0.25) is 0 Å². The largest absolute Gasteiger partial charge is 0.313 e. The summed E-state index contributed by atoms with van der Waals surface area (Å²) in [4.78, 5) is 7.44. The molecule has 1 saturated heterocycles. The highest BCUT2D eigenvalue weighted by atomic mass is 15.3. The third-order valence-electron chi connectivity index (χ3n) is 4.22. The molecule has 0 amide bonds. The van der Waals surface area contributed by atoms with Crippen LogP contribution in [0.5, 0.6) is 0 Å². The Labute approximate surface area is 120 Å². The van der Waals surface area contributed by atoms with Crippen molar-refractivity contribution in [1.82, 2.24) is 20.0 Å². The summed E-state index contributed by atoms with van der Waals surface area (Å²) in [5.74, 6) is 0.725. The first-order valence-corrected chi connectivity index (χ1v) is 7.82. The molecular weight excluding hydrogens is 236 g/mol. The van der Waals surface area contributed by atoms with E-state index in [4.69, 9.17) is 0 Å². The number of nitrogens with one attached hydrogen (secondary N) is 1. The maximum atomic E-state index is 3.62. The van der Waals surface area contributed by atoms with Crippen molar-refractivity contribution in [2.75, 3.05) is 66.5 Å². The highest BCUT2D eigenvalue weighted by Crippen LogP contribution is 2.02. The van der Waals surface area contributed by atoms with Gasteiger partial charge in [0.1, 0.15) is 0 Å². The fourth-order valence-corrected chi connectivity index (χ4v) is 2.26. The van der Waals surface area contributed by atoms with E-state index in [-0.39, 0.29) is 0 Å². The average Bonchev–Trinajstić information content (AvgIpc) is 2.37. The number of likely N-dealkylation sites (N-methyl/N-ethyl adjacent to an activating group) is 1. The Morgan fingerprint density at radius 1 is 0.947 bits per heavy atom. The van der Waals surface area contributed by atoms with Crippen LogP contribution in [0.3, 0.4) is 0 Å².